The smallest absolute Gasteiger partial charge is 0.335 e. The van der Waals surface area contributed by atoms with E-state index in [1.807, 2.05) is 0 Å². The largest absolute Gasteiger partial charge is 0.478 e. The van der Waals surface area contributed by atoms with E-state index < -0.39 is 23.2 Å². The summed E-state index contributed by atoms with van der Waals surface area (Å²) in [4.78, 5) is 36.3. The van der Waals surface area contributed by atoms with Crippen molar-refractivity contribution in [1.82, 2.24) is 10.2 Å². The van der Waals surface area contributed by atoms with Crippen molar-refractivity contribution in [3.8, 4) is 0 Å². The molecule has 21 heavy (non-hydrogen) atoms. The maximum atomic E-state index is 14.0. The summed E-state index contributed by atoms with van der Waals surface area (Å²) in [6, 6.07) is 3.09. The Bertz CT molecular complexity index is 627. The van der Waals surface area contributed by atoms with E-state index in [9.17, 15) is 18.8 Å². The van der Waals surface area contributed by atoms with E-state index in [0.717, 1.165) is 18.2 Å². The Morgan fingerprint density at radius 1 is 1.38 bits per heavy atom. The Morgan fingerprint density at radius 3 is 2.62 bits per heavy atom. The number of hydrogen-bond acceptors (Lipinski definition) is 3. The van der Waals surface area contributed by atoms with Gasteiger partial charge in [-0.25, -0.2) is 9.18 Å². The maximum absolute atomic E-state index is 14.0. The third-order valence-electron chi connectivity index (χ3n) is 3.54. The zero-order valence-electron chi connectivity index (χ0n) is 11.6. The predicted octanol–water partition coefficient (Wildman–Crippen LogP) is 0.875. The Kier molecular flexibility index (Phi) is 3.67. The van der Waals surface area contributed by atoms with Crippen LogP contribution in [0.5, 0.6) is 0 Å². The first-order valence-electron chi connectivity index (χ1n) is 6.38. The van der Waals surface area contributed by atoms with Gasteiger partial charge < -0.3 is 15.3 Å². The lowest BCUT2D eigenvalue weighted by Crippen LogP contribution is -2.63. The highest BCUT2D eigenvalue weighted by Crippen LogP contribution is 2.22. The molecule has 1 aromatic carbocycles. The van der Waals surface area contributed by atoms with Crippen molar-refractivity contribution < 1.29 is 23.9 Å². The minimum absolute atomic E-state index is 0.236. The van der Waals surface area contributed by atoms with Crippen molar-refractivity contribution in [2.24, 2.45) is 0 Å². The Hall–Kier alpha value is -2.44. The Balaban J connectivity index is 2.36. The monoisotopic (exact) mass is 294 g/mol. The van der Waals surface area contributed by atoms with Gasteiger partial charge in [-0.15, -0.1) is 0 Å². The molecule has 0 aromatic heterocycles. The molecule has 1 aliphatic heterocycles. The molecule has 0 bridgehead atoms. The van der Waals surface area contributed by atoms with Gasteiger partial charge >= 0.3 is 5.97 Å². The average Bonchev–Trinajstić information content (AvgIpc) is 2.41. The number of piperazine rings is 1. The first kappa shape index (κ1) is 15.0. The molecule has 7 heteroatoms. The van der Waals surface area contributed by atoms with Crippen LogP contribution >= 0.6 is 0 Å². The van der Waals surface area contributed by atoms with Gasteiger partial charge in [-0.1, -0.05) is 0 Å². The normalized spacial score (nSPS) is 17.3. The summed E-state index contributed by atoms with van der Waals surface area (Å²) in [5.74, 6) is -3.14. The van der Waals surface area contributed by atoms with E-state index in [1.54, 1.807) is 13.8 Å². The Morgan fingerprint density at radius 2 is 2.05 bits per heavy atom. The van der Waals surface area contributed by atoms with E-state index in [0.29, 0.717) is 6.54 Å². The molecular formula is C14H15FN2O4. The van der Waals surface area contributed by atoms with Crippen LogP contribution in [-0.4, -0.2) is 46.4 Å². The molecule has 0 aliphatic carbocycles. The molecule has 1 fully saturated rings. The number of halogens is 1. The number of amides is 2. The van der Waals surface area contributed by atoms with Gasteiger partial charge in [0, 0.05) is 13.1 Å². The van der Waals surface area contributed by atoms with Gasteiger partial charge in [-0.3, -0.25) is 9.59 Å². The fourth-order valence-electron chi connectivity index (χ4n) is 2.22. The summed E-state index contributed by atoms with van der Waals surface area (Å²) in [7, 11) is 0. The minimum Gasteiger partial charge on any atom is -0.478 e. The second kappa shape index (κ2) is 5.16. The number of rotatable bonds is 2. The lowest BCUT2D eigenvalue weighted by atomic mass is 9.97. The zero-order valence-corrected chi connectivity index (χ0v) is 11.6. The van der Waals surface area contributed by atoms with Crippen LogP contribution in [0.3, 0.4) is 0 Å². The second-order valence-electron chi connectivity index (χ2n) is 5.27. The number of carbonyl (C=O) groups is 3. The van der Waals surface area contributed by atoms with Gasteiger partial charge in [0.25, 0.3) is 5.91 Å². The number of aromatic carboxylic acids is 1. The van der Waals surface area contributed by atoms with E-state index >= 15 is 0 Å². The van der Waals surface area contributed by atoms with Gasteiger partial charge in [0.1, 0.15) is 11.4 Å². The number of carbonyl (C=O) groups excluding carboxylic acids is 2. The van der Waals surface area contributed by atoms with Crippen molar-refractivity contribution in [1.29, 1.82) is 0 Å². The molecule has 0 radical (unpaired) electrons. The summed E-state index contributed by atoms with van der Waals surface area (Å²) in [6.45, 7) is 3.70. The molecule has 1 aromatic rings. The second-order valence-corrected chi connectivity index (χ2v) is 5.27. The van der Waals surface area contributed by atoms with Gasteiger partial charge in [0.05, 0.1) is 11.1 Å². The topological polar surface area (TPSA) is 86.7 Å². The average molecular weight is 294 g/mol. The van der Waals surface area contributed by atoms with E-state index in [2.05, 4.69) is 5.32 Å². The number of nitrogens with one attached hydrogen (secondary N) is 1. The molecule has 1 heterocycles. The van der Waals surface area contributed by atoms with Gasteiger partial charge in [0.15, 0.2) is 0 Å². The molecule has 112 valence electrons. The van der Waals surface area contributed by atoms with Crippen molar-refractivity contribution in [3.63, 3.8) is 0 Å². The first-order valence-corrected chi connectivity index (χ1v) is 6.38. The van der Waals surface area contributed by atoms with Crippen LogP contribution in [0.1, 0.15) is 34.6 Å². The number of hydrogen-bond donors (Lipinski definition) is 2. The lowest BCUT2D eigenvalue weighted by Gasteiger charge is -2.41. The van der Waals surface area contributed by atoms with Crippen molar-refractivity contribution in [3.05, 3.63) is 35.1 Å². The summed E-state index contributed by atoms with van der Waals surface area (Å²) < 4.78 is 14.0. The standard InChI is InChI=1S/C14H15FN2O4/c1-14(2)13(21)16-5-6-17(14)11(18)9-4-3-8(12(19)20)7-10(9)15/h3-4,7H,5-6H2,1-2H3,(H,16,21)(H,19,20). The number of benzene rings is 1. The molecule has 6 nitrogen and oxygen atoms in total. The highest BCUT2D eigenvalue weighted by Gasteiger charge is 2.41. The van der Waals surface area contributed by atoms with Crippen LogP contribution in [0.15, 0.2) is 18.2 Å². The number of carboxylic acid groups (broad SMARTS) is 1. The van der Waals surface area contributed by atoms with Crippen molar-refractivity contribution in [2.75, 3.05) is 13.1 Å². The number of nitrogens with zero attached hydrogens (tertiary/aromatic N) is 1. The van der Waals surface area contributed by atoms with Crippen LogP contribution in [0.4, 0.5) is 4.39 Å². The van der Waals surface area contributed by atoms with Crippen molar-refractivity contribution >= 4 is 17.8 Å². The highest BCUT2D eigenvalue weighted by atomic mass is 19.1. The molecule has 0 spiro atoms. The summed E-state index contributed by atoms with van der Waals surface area (Å²) in [6.07, 6.45) is 0. The predicted molar refractivity (Wildman–Crippen MR) is 71.5 cm³/mol. The molecular weight excluding hydrogens is 279 g/mol. The molecule has 2 N–H and O–H groups in total. The summed E-state index contributed by atoms with van der Waals surface area (Å²) >= 11 is 0. The SMILES string of the molecule is CC1(C)C(=O)NCCN1C(=O)c1ccc(C(=O)O)cc1F. The van der Waals surface area contributed by atoms with Gasteiger partial charge in [-0.2, -0.15) is 0 Å². The quantitative estimate of drug-likeness (QED) is 0.847. The zero-order chi connectivity index (χ0) is 15.8. The van der Waals surface area contributed by atoms with Crippen LogP contribution in [0, 0.1) is 5.82 Å². The molecule has 0 unspecified atom stereocenters. The molecule has 0 saturated carbocycles. The van der Waals surface area contributed by atoms with Crippen LogP contribution in [-0.2, 0) is 4.79 Å². The first-order chi connectivity index (χ1) is 9.75. The fourth-order valence-corrected chi connectivity index (χ4v) is 2.22. The third kappa shape index (κ3) is 2.58. The Labute approximate surface area is 120 Å². The fraction of sp³-hybridized carbons (Fsp3) is 0.357. The molecule has 1 aliphatic rings. The molecule has 2 amide bonds. The van der Waals surface area contributed by atoms with Crippen molar-refractivity contribution in [2.45, 2.75) is 19.4 Å². The minimum atomic E-state index is -1.27. The van der Waals surface area contributed by atoms with Crippen LogP contribution in [0.2, 0.25) is 0 Å². The lowest BCUT2D eigenvalue weighted by molar-refractivity contribution is -0.133. The van der Waals surface area contributed by atoms with Gasteiger partial charge in [0.2, 0.25) is 5.91 Å². The molecule has 1 saturated heterocycles. The molecule has 0 atom stereocenters. The number of carboxylic acids is 1. The maximum Gasteiger partial charge on any atom is 0.335 e. The van der Waals surface area contributed by atoms with Gasteiger partial charge in [-0.05, 0) is 32.0 Å². The summed E-state index contributed by atoms with van der Waals surface area (Å²) in [5, 5.41) is 11.4. The van der Waals surface area contributed by atoms with Crippen LogP contribution < -0.4 is 5.32 Å². The van der Waals surface area contributed by atoms with E-state index in [4.69, 9.17) is 5.11 Å². The van der Waals surface area contributed by atoms with E-state index in [1.165, 1.54) is 4.90 Å². The third-order valence-corrected chi connectivity index (χ3v) is 3.54. The van der Waals surface area contributed by atoms with E-state index in [-0.39, 0.29) is 23.6 Å². The summed E-state index contributed by atoms with van der Waals surface area (Å²) in [5.41, 5.74) is -1.57. The molecule has 2 rings (SSSR count). The van der Waals surface area contributed by atoms with Crippen LogP contribution in [0.25, 0.3) is 0 Å². The highest BCUT2D eigenvalue weighted by molar-refractivity contribution is 6.00.